The second-order valence-electron chi connectivity index (χ2n) is 8.69. The number of likely N-dealkylation sites (tertiary alicyclic amines) is 1. The third kappa shape index (κ3) is 5.70. The number of nitrogens with two attached hydrogens (primary N) is 1. The third-order valence-electron chi connectivity index (χ3n) is 6.36. The van der Waals surface area contributed by atoms with E-state index in [0.717, 1.165) is 37.9 Å². The van der Waals surface area contributed by atoms with Crippen LogP contribution >= 0.6 is 0 Å². The molecule has 0 aromatic heterocycles. The maximum Gasteiger partial charge on any atom is 0.255 e. The van der Waals surface area contributed by atoms with E-state index >= 15 is 0 Å². The average Bonchev–Trinajstić information content (AvgIpc) is 2.89. The molecule has 1 aliphatic heterocycles. The SMILES string of the molecule is Nc1cc(C(=O)CCC2CCN(C(=O)c3ccccc3)CC2)ccc1NC(=O)c1ccccc1. The Morgan fingerprint density at radius 2 is 1.44 bits per heavy atom. The summed E-state index contributed by atoms with van der Waals surface area (Å²) in [5.41, 5.74) is 8.77. The number of benzene rings is 3. The molecule has 1 fully saturated rings. The van der Waals surface area contributed by atoms with E-state index in [1.54, 1.807) is 42.5 Å². The van der Waals surface area contributed by atoms with Gasteiger partial charge in [0.1, 0.15) is 0 Å². The van der Waals surface area contributed by atoms with Crippen LogP contribution in [-0.4, -0.2) is 35.6 Å². The van der Waals surface area contributed by atoms with E-state index in [4.69, 9.17) is 5.73 Å². The maximum atomic E-state index is 12.7. The van der Waals surface area contributed by atoms with Gasteiger partial charge in [-0.05, 0) is 67.6 Å². The van der Waals surface area contributed by atoms with Crippen molar-refractivity contribution in [1.29, 1.82) is 0 Å². The van der Waals surface area contributed by atoms with Gasteiger partial charge in [-0.25, -0.2) is 0 Å². The zero-order chi connectivity index (χ0) is 23.9. The molecule has 2 amide bonds. The summed E-state index contributed by atoms with van der Waals surface area (Å²) in [5.74, 6) is 0.287. The van der Waals surface area contributed by atoms with Gasteiger partial charge in [0.05, 0.1) is 11.4 Å². The molecule has 0 radical (unpaired) electrons. The van der Waals surface area contributed by atoms with Gasteiger partial charge in [0, 0.05) is 36.2 Å². The number of rotatable bonds is 7. The monoisotopic (exact) mass is 455 g/mol. The van der Waals surface area contributed by atoms with Crippen molar-refractivity contribution < 1.29 is 14.4 Å². The van der Waals surface area contributed by atoms with E-state index in [2.05, 4.69) is 5.32 Å². The first kappa shape index (κ1) is 23.2. The molecule has 1 saturated heterocycles. The van der Waals surface area contributed by atoms with E-state index in [0.29, 0.717) is 34.8 Å². The molecule has 3 N–H and O–H groups in total. The lowest BCUT2D eigenvalue weighted by molar-refractivity contribution is 0.0681. The zero-order valence-electron chi connectivity index (χ0n) is 19.1. The predicted molar refractivity (Wildman–Crippen MR) is 134 cm³/mol. The van der Waals surface area contributed by atoms with Crippen LogP contribution in [0.15, 0.2) is 78.9 Å². The quantitative estimate of drug-likeness (QED) is 0.386. The number of carbonyl (C=O) groups is 3. The number of Topliss-reactive ketones (excluding diaryl/α,β-unsaturated/α-hetero) is 1. The van der Waals surface area contributed by atoms with Crippen LogP contribution in [0.25, 0.3) is 0 Å². The molecule has 4 rings (SSSR count). The Kier molecular flexibility index (Phi) is 7.38. The molecular weight excluding hydrogens is 426 g/mol. The third-order valence-corrected chi connectivity index (χ3v) is 6.36. The first-order valence-electron chi connectivity index (χ1n) is 11.6. The van der Waals surface area contributed by atoms with Crippen LogP contribution < -0.4 is 11.1 Å². The molecule has 0 atom stereocenters. The van der Waals surface area contributed by atoms with E-state index in [1.165, 1.54) is 0 Å². The smallest absolute Gasteiger partial charge is 0.255 e. The van der Waals surface area contributed by atoms with Crippen LogP contribution in [0.2, 0.25) is 0 Å². The Balaban J connectivity index is 1.26. The fraction of sp³-hybridized carbons (Fsp3) is 0.250. The summed E-state index contributed by atoms with van der Waals surface area (Å²) in [6.45, 7) is 1.44. The molecule has 3 aromatic rings. The number of nitrogen functional groups attached to an aromatic ring is 1. The Morgan fingerprint density at radius 3 is 2.06 bits per heavy atom. The minimum atomic E-state index is -0.247. The van der Waals surface area contributed by atoms with Gasteiger partial charge in [-0.3, -0.25) is 14.4 Å². The number of nitrogens with one attached hydrogen (secondary N) is 1. The second-order valence-corrected chi connectivity index (χ2v) is 8.69. The highest BCUT2D eigenvalue weighted by Crippen LogP contribution is 2.26. The maximum absolute atomic E-state index is 12.7. The van der Waals surface area contributed by atoms with Gasteiger partial charge in [0.15, 0.2) is 5.78 Å². The topological polar surface area (TPSA) is 92.5 Å². The molecule has 0 unspecified atom stereocenters. The van der Waals surface area contributed by atoms with Crippen LogP contribution in [0.5, 0.6) is 0 Å². The van der Waals surface area contributed by atoms with Crippen LogP contribution in [0.3, 0.4) is 0 Å². The molecule has 0 saturated carbocycles. The number of hydrogen-bond acceptors (Lipinski definition) is 4. The summed E-state index contributed by atoms with van der Waals surface area (Å²) in [6.07, 6.45) is 3.03. The molecule has 3 aromatic carbocycles. The highest BCUT2D eigenvalue weighted by molar-refractivity contribution is 6.06. The Labute approximate surface area is 199 Å². The van der Waals surface area contributed by atoms with Crippen molar-refractivity contribution in [3.05, 3.63) is 95.6 Å². The van der Waals surface area contributed by atoms with E-state index in [9.17, 15) is 14.4 Å². The van der Waals surface area contributed by atoms with E-state index in [-0.39, 0.29) is 17.6 Å². The number of amides is 2. The summed E-state index contributed by atoms with van der Waals surface area (Å²) in [4.78, 5) is 39.6. The lowest BCUT2D eigenvalue weighted by Gasteiger charge is -2.32. The lowest BCUT2D eigenvalue weighted by atomic mass is 9.90. The zero-order valence-corrected chi connectivity index (χ0v) is 19.1. The largest absolute Gasteiger partial charge is 0.397 e. The van der Waals surface area contributed by atoms with Crippen LogP contribution in [-0.2, 0) is 0 Å². The lowest BCUT2D eigenvalue weighted by Crippen LogP contribution is -2.38. The fourth-order valence-corrected chi connectivity index (χ4v) is 4.30. The number of carbonyl (C=O) groups excluding carboxylic acids is 3. The molecule has 0 aliphatic carbocycles. The van der Waals surface area contributed by atoms with Crippen LogP contribution in [0.1, 0.15) is 56.8 Å². The molecule has 174 valence electrons. The highest BCUT2D eigenvalue weighted by Gasteiger charge is 2.24. The summed E-state index contributed by atoms with van der Waals surface area (Å²) in [7, 11) is 0. The predicted octanol–water partition coefficient (Wildman–Crippen LogP) is 5.04. The van der Waals surface area contributed by atoms with Crippen molar-refractivity contribution in [2.75, 3.05) is 24.1 Å². The number of ketones is 1. The molecule has 6 heteroatoms. The number of hydrogen-bond donors (Lipinski definition) is 2. The molecule has 6 nitrogen and oxygen atoms in total. The summed E-state index contributed by atoms with van der Waals surface area (Å²) in [5, 5.41) is 2.79. The van der Waals surface area contributed by atoms with Gasteiger partial charge < -0.3 is 16.0 Å². The van der Waals surface area contributed by atoms with Crippen LogP contribution in [0.4, 0.5) is 11.4 Å². The first-order chi connectivity index (χ1) is 16.5. The molecule has 34 heavy (non-hydrogen) atoms. The molecule has 0 bridgehead atoms. The van der Waals surface area contributed by atoms with Crippen molar-refractivity contribution in [1.82, 2.24) is 4.90 Å². The highest BCUT2D eigenvalue weighted by atomic mass is 16.2. The normalized spacial score (nSPS) is 13.9. The Morgan fingerprint density at radius 1 is 0.824 bits per heavy atom. The van der Waals surface area contributed by atoms with Gasteiger partial charge >= 0.3 is 0 Å². The minimum Gasteiger partial charge on any atom is -0.397 e. The van der Waals surface area contributed by atoms with Crippen molar-refractivity contribution in [2.45, 2.75) is 25.7 Å². The first-order valence-corrected chi connectivity index (χ1v) is 11.6. The number of nitrogens with zero attached hydrogens (tertiary/aromatic N) is 1. The number of piperidine rings is 1. The van der Waals surface area contributed by atoms with Gasteiger partial charge in [-0.2, -0.15) is 0 Å². The number of anilines is 2. The van der Waals surface area contributed by atoms with Crippen molar-refractivity contribution in [3.8, 4) is 0 Å². The Hall–Kier alpha value is -3.93. The minimum absolute atomic E-state index is 0.0374. The van der Waals surface area contributed by atoms with Crippen molar-refractivity contribution in [2.24, 2.45) is 5.92 Å². The standard InChI is InChI=1S/C28H29N3O3/c29-24-19-23(12-13-25(24)30-27(33)21-7-3-1-4-8-21)26(32)14-11-20-15-17-31(18-16-20)28(34)22-9-5-2-6-10-22/h1-10,12-13,19-20H,11,14-18,29H2,(H,30,33). The molecule has 1 aliphatic rings. The summed E-state index contributed by atoms with van der Waals surface area (Å²) in [6, 6.07) is 23.3. The van der Waals surface area contributed by atoms with E-state index < -0.39 is 0 Å². The van der Waals surface area contributed by atoms with Gasteiger partial charge in [0.2, 0.25) is 0 Å². The average molecular weight is 456 g/mol. The van der Waals surface area contributed by atoms with E-state index in [1.807, 2.05) is 41.3 Å². The van der Waals surface area contributed by atoms with Crippen molar-refractivity contribution in [3.63, 3.8) is 0 Å². The molecule has 0 spiro atoms. The molecule has 1 heterocycles. The van der Waals surface area contributed by atoms with Gasteiger partial charge in [-0.1, -0.05) is 36.4 Å². The Bertz CT molecular complexity index is 1150. The van der Waals surface area contributed by atoms with Crippen LogP contribution in [0, 0.1) is 5.92 Å². The van der Waals surface area contributed by atoms with Gasteiger partial charge in [0.25, 0.3) is 11.8 Å². The van der Waals surface area contributed by atoms with Crippen molar-refractivity contribution >= 4 is 29.0 Å². The second kappa shape index (κ2) is 10.8. The summed E-state index contributed by atoms with van der Waals surface area (Å²) >= 11 is 0. The fourth-order valence-electron chi connectivity index (χ4n) is 4.30. The van der Waals surface area contributed by atoms with Gasteiger partial charge in [-0.15, -0.1) is 0 Å². The summed E-state index contributed by atoms with van der Waals surface area (Å²) < 4.78 is 0. The molecular formula is C28H29N3O3.